The fraction of sp³-hybridized carbons (Fsp3) is 0.583. The normalized spacial score (nSPS) is 13.0. The molecule has 2 nitrogen and oxygen atoms in total. The molecule has 1 aromatic heterocycles. The van der Waals surface area contributed by atoms with Gasteiger partial charge in [-0.2, -0.15) is 0 Å². The minimum atomic E-state index is 0.213. The first-order valence-electron chi connectivity index (χ1n) is 5.11. The highest BCUT2D eigenvalue weighted by atomic mass is 16.5. The second kappa shape index (κ2) is 4.45. The van der Waals surface area contributed by atoms with Crippen molar-refractivity contribution in [1.29, 1.82) is 0 Å². The average molecular weight is 193 g/mol. The van der Waals surface area contributed by atoms with Crippen molar-refractivity contribution in [2.75, 3.05) is 0 Å². The zero-order chi connectivity index (χ0) is 10.7. The Kier molecular flexibility index (Phi) is 3.50. The van der Waals surface area contributed by atoms with E-state index in [1.165, 1.54) is 5.56 Å². The van der Waals surface area contributed by atoms with Gasteiger partial charge in [0.1, 0.15) is 0 Å². The summed E-state index contributed by atoms with van der Waals surface area (Å²) in [7, 11) is 0. The highest BCUT2D eigenvalue weighted by molar-refractivity contribution is 5.23. The van der Waals surface area contributed by atoms with Gasteiger partial charge in [0.05, 0.1) is 6.10 Å². The van der Waals surface area contributed by atoms with Crippen LogP contribution in [0.25, 0.3) is 0 Å². The molecule has 0 fully saturated rings. The SMILES string of the molecule is Cc1ccc(OC(C)C(C)C)nc1C. The first-order valence-corrected chi connectivity index (χ1v) is 5.11. The monoisotopic (exact) mass is 193 g/mol. The van der Waals surface area contributed by atoms with Gasteiger partial charge in [0, 0.05) is 11.8 Å². The molecule has 0 aromatic carbocycles. The lowest BCUT2D eigenvalue weighted by Gasteiger charge is -2.17. The van der Waals surface area contributed by atoms with E-state index in [9.17, 15) is 0 Å². The number of nitrogens with zero attached hydrogens (tertiary/aromatic N) is 1. The topological polar surface area (TPSA) is 22.1 Å². The Morgan fingerprint density at radius 2 is 1.79 bits per heavy atom. The van der Waals surface area contributed by atoms with E-state index in [-0.39, 0.29) is 6.10 Å². The summed E-state index contributed by atoms with van der Waals surface area (Å²) in [6.45, 7) is 10.4. The Morgan fingerprint density at radius 1 is 1.14 bits per heavy atom. The molecule has 0 N–H and O–H groups in total. The number of ether oxygens (including phenoxy) is 1. The summed E-state index contributed by atoms with van der Waals surface area (Å²) in [6.07, 6.45) is 0.213. The van der Waals surface area contributed by atoms with Gasteiger partial charge in [-0.15, -0.1) is 0 Å². The van der Waals surface area contributed by atoms with Gasteiger partial charge >= 0.3 is 0 Å². The summed E-state index contributed by atoms with van der Waals surface area (Å²) in [4.78, 5) is 4.37. The minimum Gasteiger partial charge on any atom is -0.474 e. The van der Waals surface area contributed by atoms with E-state index in [2.05, 4.69) is 32.7 Å². The molecule has 0 aliphatic rings. The predicted octanol–water partition coefficient (Wildman–Crippen LogP) is 3.12. The average Bonchev–Trinajstić information content (AvgIpc) is 2.11. The third-order valence-corrected chi connectivity index (χ3v) is 2.57. The molecule has 0 aliphatic heterocycles. The smallest absolute Gasteiger partial charge is 0.213 e. The Bertz CT molecular complexity index is 307. The maximum Gasteiger partial charge on any atom is 0.213 e. The van der Waals surface area contributed by atoms with Crippen molar-refractivity contribution < 1.29 is 4.74 Å². The Morgan fingerprint density at radius 3 is 2.29 bits per heavy atom. The fourth-order valence-electron chi connectivity index (χ4n) is 1.000. The largest absolute Gasteiger partial charge is 0.474 e. The number of hydrogen-bond acceptors (Lipinski definition) is 2. The van der Waals surface area contributed by atoms with Crippen molar-refractivity contribution in [2.24, 2.45) is 5.92 Å². The summed E-state index contributed by atoms with van der Waals surface area (Å²) in [6, 6.07) is 3.98. The molecule has 0 saturated heterocycles. The number of rotatable bonds is 3. The molecule has 0 radical (unpaired) electrons. The standard InChI is InChI=1S/C12H19NO/c1-8(2)11(5)14-12-7-6-9(3)10(4)13-12/h6-8,11H,1-5H3. The van der Waals surface area contributed by atoms with Gasteiger partial charge in [-0.25, -0.2) is 4.98 Å². The molecule has 0 aliphatic carbocycles. The van der Waals surface area contributed by atoms with Crippen LogP contribution >= 0.6 is 0 Å². The molecular weight excluding hydrogens is 174 g/mol. The Labute approximate surface area is 86.3 Å². The van der Waals surface area contributed by atoms with Crippen LogP contribution in [0.5, 0.6) is 5.88 Å². The van der Waals surface area contributed by atoms with E-state index in [0.717, 1.165) is 11.6 Å². The van der Waals surface area contributed by atoms with Crippen molar-refractivity contribution >= 4 is 0 Å². The van der Waals surface area contributed by atoms with Crippen LogP contribution < -0.4 is 4.74 Å². The second-order valence-electron chi connectivity index (χ2n) is 4.12. The van der Waals surface area contributed by atoms with Crippen LogP contribution in [0.1, 0.15) is 32.0 Å². The third-order valence-electron chi connectivity index (χ3n) is 2.57. The van der Waals surface area contributed by atoms with Gasteiger partial charge in [-0.3, -0.25) is 0 Å². The summed E-state index contributed by atoms with van der Waals surface area (Å²) < 4.78 is 5.70. The van der Waals surface area contributed by atoms with Gasteiger partial charge in [0.2, 0.25) is 5.88 Å². The van der Waals surface area contributed by atoms with Crippen LogP contribution in [0.3, 0.4) is 0 Å². The Hall–Kier alpha value is -1.05. The van der Waals surface area contributed by atoms with E-state index in [1.807, 2.05) is 19.1 Å². The van der Waals surface area contributed by atoms with Gasteiger partial charge < -0.3 is 4.74 Å². The fourth-order valence-corrected chi connectivity index (χ4v) is 1.000. The number of pyridine rings is 1. The zero-order valence-corrected chi connectivity index (χ0v) is 9.66. The van der Waals surface area contributed by atoms with Crippen LogP contribution in [0.4, 0.5) is 0 Å². The van der Waals surface area contributed by atoms with E-state index >= 15 is 0 Å². The molecule has 1 unspecified atom stereocenters. The summed E-state index contributed by atoms with van der Waals surface area (Å²) in [5.41, 5.74) is 2.24. The molecule has 1 rings (SSSR count). The highest BCUT2D eigenvalue weighted by Crippen LogP contribution is 2.15. The van der Waals surface area contributed by atoms with Crippen molar-refractivity contribution in [3.05, 3.63) is 23.4 Å². The van der Waals surface area contributed by atoms with E-state index in [0.29, 0.717) is 5.92 Å². The maximum atomic E-state index is 5.70. The molecule has 1 heterocycles. The molecule has 0 amide bonds. The van der Waals surface area contributed by atoms with E-state index in [4.69, 9.17) is 4.74 Å². The highest BCUT2D eigenvalue weighted by Gasteiger charge is 2.09. The first kappa shape index (κ1) is 11.0. The molecule has 0 bridgehead atoms. The van der Waals surface area contributed by atoms with Gasteiger partial charge in [-0.05, 0) is 32.3 Å². The molecule has 2 heteroatoms. The summed E-state index contributed by atoms with van der Waals surface area (Å²) in [5.74, 6) is 1.24. The first-order chi connectivity index (χ1) is 6.50. The van der Waals surface area contributed by atoms with Crippen molar-refractivity contribution in [3.8, 4) is 5.88 Å². The van der Waals surface area contributed by atoms with Crippen molar-refractivity contribution in [3.63, 3.8) is 0 Å². The van der Waals surface area contributed by atoms with Crippen LogP contribution in [-0.4, -0.2) is 11.1 Å². The Balaban J connectivity index is 2.73. The maximum absolute atomic E-state index is 5.70. The zero-order valence-electron chi connectivity index (χ0n) is 9.66. The number of aromatic nitrogens is 1. The van der Waals surface area contributed by atoms with E-state index in [1.54, 1.807) is 0 Å². The predicted molar refractivity (Wildman–Crippen MR) is 58.6 cm³/mol. The summed E-state index contributed by atoms with van der Waals surface area (Å²) >= 11 is 0. The number of aryl methyl sites for hydroxylation is 2. The summed E-state index contributed by atoms with van der Waals surface area (Å²) in [5, 5.41) is 0. The van der Waals surface area contributed by atoms with E-state index < -0.39 is 0 Å². The molecule has 1 atom stereocenters. The van der Waals surface area contributed by atoms with Gasteiger partial charge in [0.25, 0.3) is 0 Å². The van der Waals surface area contributed by atoms with Crippen LogP contribution in [0.15, 0.2) is 12.1 Å². The van der Waals surface area contributed by atoms with Crippen molar-refractivity contribution in [2.45, 2.75) is 40.7 Å². The minimum absolute atomic E-state index is 0.213. The molecule has 1 aromatic rings. The lowest BCUT2D eigenvalue weighted by molar-refractivity contribution is 0.163. The second-order valence-corrected chi connectivity index (χ2v) is 4.12. The van der Waals surface area contributed by atoms with Crippen molar-refractivity contribution in [1.82, 2.24) is 4.98 Å². The van der Waals surface area contributed by atoms with Gasteiger partial charge in [-0.1, -0.05) is 19.9 Å². The lowest BCUT2D eigenvalue weighted by atomic mass is 10.1. The molecule has 14 heavy (non-hydrogen) atoms. The van der Waals surface area contributed by atoms with Crippen LogP contribution in [0, 0.1) is 19.8 Å². The lowest BCUT2D eigenvalue weighted by Crippen LogP contribution is -2.19. The third kappa shape index (κ3) is 2.72. The van der Waals surface area contributed by atoms with Crippen LogP contribution in [0.2, 0.25) is 0 Å². The molecule has 0 spiro atoms. The van der Waals surface area contributed by atoms with Gasteiger partial charge in [0.15, 0.2) is 0 Å². The number of hydrogen-bond donors (Lipinski definition) is 0. The molecular formula is C12H19NO. The quantitative estimate of drug-likeness (QED) is 0.735. The molecule has 78 valence electrons. The molecule has 0 saturated carbocycles. The van der Waals surface area contributed by atoms with Crippen LogP contribution in [-0.2, 0) is 0 Å².